The molecule has 1 rings (SSSR count). The zero-order chi connectivity index (χ0) is 20.0. The molecule has 2 N–H and O–H groups in total. The Hall–Kier alpha value is -2.03. The molecule has 0 aliphatic rings. The summed E-state index contributed by atoms with van der Waals surface area (Å²) in [5.74, 6) is 0.572. The molecule has 0 atom stereocenters. The molecular formula is C18H29F3N4O2. The second kappa shape index (κ2) is 13.2. The van der Waals surface area contributed by atoms with Gasteiger partial charge in [0.1, 0.15) is 0 Å². The van der Waals surface area contributed by atoms with E-state index in [2.05, 4.69) is 32.3 Å². The lowest BCUT2D eigenvalue weighted by Crippen LogP contribution is -2.38. The van der Waals surface area contributed by atoms with Crippen molar-refractivity contribution in [3.05, 3.63) is 23.9 Å². The molecule has 0 unspecified atom stereocenters. The van der Waals surface area contributed by atoms with Crippen LogP contribution in [0.1, 0.15) is 38.7 Å². The number of rotatable bonds is 12. The average Bonchev–Trinajstić information content (AvgIpc) is 2.63. The van der Waals surface area contributed by atoms with Crippen LogP contribution < -0.4 is 15.4 Å². The summed E-state index contributed by atoms with van der Waals surface area (Å²) in [4.78, 5) is 8.21. The number of guanidine groups is 1. The van der Waals surface area contributed by atoms with Crippen LogP contribution in [0.2, 0.25) is 0 Å². The fourth-order valence-electron chi connectivity index (χ4n) is 2.03. The zero-order valence-electron chi connectivity index (χ0n) is 15.9. The van der Waals surface area contributed by atoms with Crippen LogP contribution in [0.15, 0.2) is 23.3 Å². The molecule has 0 bridgehead atoms. The summed E-state index contributed by atoms with van der Waals surface area (Å²) in [6.07, 6.45) is 0.0627. The van der Waals surface area contributed by atoms with Crippen molar-refractivity contribution in [1.29, 1.82) is 0 Å². The average molecular weight is 390 g/mol. The highest BCUT2D eigenvalue weighted by Gasteiger charge is 2.28. The second-order valence-electron chi connectivity index (χ2n) is 5.85. The van der Waals surface area contributed by atoms with Gasteiger partial charge in [0.2, 0.25) is 5.88 Å². The highest BCUT2D eigenvalue weighted by atomic mass is 19.4. The number of alkyl halides is 3. The molecule has 0 saturated carbocycles. The van der Waals surface area contributed by atoms with Gasteiger partial charge in [0.05, 0.1) is 6.54 Å². The van der Waals surface area contributed by atoms with Gasteiger partial charge in [0, 0.05) is 38.6 Å². The van der Waals surface area contributed by atoms with Crippen LogP contribution in [0.3, 0.4) is 0 Å². The first-order valence-corrected chi connectivity index (χ1v) is 9.19. The number of nitrogens with one attached hydrogen (secondary N) is 2. The summed E-state index contributed by atoms with van der Waals surface area (Å²) in [5, 5.41) is 6.33. The number of pyridine rings is 1. The fourth-order valence-corrected chi connectivity index (χ4v) is 2.03. The van der Waals surface area contributed by atoms with Crippen LogP contribution in [0.25, 0.3) is 0 Å². The van der Waals surface area contributed by atoms with Crippen LogP contribution in [0, 0.1) is 0 Å². The van der Waals surface area contributed by atoms with Crippen molar-refractivity contribution in [2.24, 2.45) is 4.99 Å². The van der Waals surface area contributed by atoms with Crippen LogP contribution in [-0.4, -0.2) is 50.0 Å². The third kappa shape index (κ3) is 12.1. The van der Waals surface area contributed by atoms with Gasteiger partial charge in [-0.3, -0.25) is 0 Å². The first kappa shape index (κ1) is 23.0. The van der Waals surface area contributed by atoms with Gasteiger partial charge in [-0.15, -0.1) is 0 Å². The minimum absolute atomic E-state index is 0.0674. The summed E-state index contributed by atoms with van der Waals surface area (Å²) in [6, 6.07) is 3.15. The summed E-state index contributed by atoms with van der Waals surface area (Å²) in [6.45, 7) is 5.91. The Kier molecular flexibility index (Phi) is 11.2. The van der Waals surface area contributed by atoms with Gasteiger partial charge in [-0.05, 0) is 31.4 Å². The summed E-state index contributed by atoms with van der Waals surface area (Å²) >= 11 is 0. The van der Waals surface area contributed by atoms with E-state index < -0.39 is 12.8 Å². The van der Waals surface area contributed by atoms with E-state index in [1.165, 1.54) is 12.3 Å². The molecule has 6 nitrogen and oxygen atoms in total. The highest BCUT2D eigenvalue weighted by molar-refractivity contribution is 5.79. The van der Waals surface area contributed by atoms with Crippen molar-refractivity contribution in [1.82, 2.24) is 15.6 Å². The predicted octanol–water partition coefficient (Wildman–Crippen LogP) is 3.28. The molecule has 0 fully saturated rings. The fraction of sp³-hybridized carbons (Fsp3) is 0.667. The Labute approximate surface area is 158 Å². The van der Waals surface area contributed by atoms with Crippen molar-refractivity contribution in [3.8, 4) is 5.88 Å². The van der Waals surface area contributed by atoms with Crippen molar-refractivity contribution in [2.75, 3.05) is 32.9 Å². The number of nitrogens with zero attached hydrogens (tertiary/aromatic N) is 2. The molecule has 27 heavy (non-hydrogen) atoms. The monoisotopic (exact) mass is 390 g/mol. The standard InChI is InChI=1S/C18H29F3N4O2/c1-3-5-10-26-11-6-8-24-17(22-4-2)25-13-15-7-9-23-16(12-15)27-14-18(19,20)21/h7,9,12H,3-6,8,10-11,13-14H2,1-2H3,(H2,22,24,25). The van der Waals surface area contributed by atoms with Gasteiger partial charge in [-0.25, -0.2) is 9.98 Å². The van der Waals surface area contributed by atoms with E-state index in [0.29, 0.717) is 37.8 Å². The van der Waals surface area contributed by atoms with E-state index in [-0.39, 0.29) is 5.88 Å². The lowest BCUT2D eigenvalue weighted by molar-refractivity contribution is -0.154. The number of hydrogen-bond donors (Lipinski definition) is 2. The van der Waals surface area contributed by atoms with E-state index in [1.807, 2.05) is 6.92 Å². The van der Waals surface area contributed by atoms with Crippen LogP contribution in [0.4, 0.5) is 13.2 Å². The van der Waals surface area contributed by atoms with Gasteiger partial charge in [-0.2, -0.15) is 13.2 Å². The Morgan fingerprint density at radius 1 is 1.19 bits per heavy atom. The molecule has 0 amide bonds. The largest absolute Gasteiger partial charge is 0.468 e. The van der Waals surface area contributed by atoms with E-state index in [1.54, 1.807) is 6.07 Å². The number of unbranched alkanes of at least 4 members (excludes halogenated alkanes) is 1. The molecule has 0 spiro atoms. The molecular weight excluding hydrogens is 361 g/mol. The summed E-state index contributed by atoms with van der Waals surface area (Å²) < 4.78 is 46.8. The van der Waals surface area contributed by atoms with E-state index in [0.717, 1.165) is 25.9 Å². The zero-order valence-corrected chi connectivity index (χ0v) is 15.9. The Balaban J connectivity index is 2.45. The first-order chi connectivity index (χ1) is 12.9. The van der Waals surface area contributed by atoms with E-state index in [4.69, 9.17) is 4.74 Å². The maximum absolute atomic E-state index is 12.2. The molecule has 9 heteroatoms. The number of aliphatic imine (C=N–C) groups is 1. The topological polar surface area (TPSA) is 67.8 Å². The molecule has 0 saturated heterocycles. The number of aromatic nitrogens is 1. The molecule has 0 aliphatic carbocycles. The number of halogens is 3. The first-order valence-electron chi connectivity index (χ1n) is 9.19. The molecule has 1 aromatic rings. The van der Waals surface area contributed by atoms with Crippen molar-refractivity contribution >= 4 is 5.96 Å². The summed E-state index contributed by atoms with van der Waals surface area (Å²) in [5.41, 5.74) is 0.710. The maximum Gasteiger partial charge on any atom is 0.422 e. The minimum Gasteiger partial charge on any atom is -0.468 e. The predicted molar refractivity (Wildman–Crippen MR) is 98.9 cm³/mol. The lowest BCUT2D eigenvalue weighted by atomic mass is 10.3. The SMILES string of the molecule is CCCCOCCCNC(=NCc1ccnc(OCC(F)(F)F)c1)NCC. The van der Waals surface area contributed by atoms with Crippen molar-refractivity contribution in [2.45, 2.75) is 45.8 Å². The van der Waals surface area contributed by atoms with Gasteiger partial charge in [-0.1, -0.05) is 13.3 Å². The maximum atomic E-state index is 12.2. The normalized spacial score (nSPS) is 12.1. The van der Waals surface area contributed by atoms with E-state index in [9.17, 15) is 13.2 Å². The Morgan fingerprint density at radius 2 is 1.96 bits per heavy atom. The number of ether oxygens (including phenoxy) is 2. The van der Waals surface area contributed by atoms with Crippen LogP contribution in [-0.2, 0) is 11.3 Å². The quantitative estimate of drug-likeness (QED) is 0.326. The minimum atomic E-state index is -4.39. The third-order valence-corrected chi connectivity index (χ3v) is 3.35. The molecule has 0 aromatic carbocycles. The number of hydrogen-bond acceptors (Lipinski definition) is 4. The molecule has 0 aliphatic heterocycles. The molecule has 1 aromatic heterocycles. The van der Waals surface area contributed by atoms with Gasteiger partial charge in [0.25, 0.3) is 0 Å². The molecule has 154 valence electrons. The van der Waals surface area contributed by atoms with Crippen LogP contribution >= 0.6 is 0 Å². The van der Waals surface area contributed by atoms with Crippen molar-refractivity contribution < 1.29 is 22.6 Å². The second-order valence-corrected chi connectivity index (χ2v) is 5.85. The van der Waals surface area contributed by atoms with Crippen LogP contribution in [0.5, 0.6) is 5.88 Å². The third-order valence-electron chi connectivity index (χ3n) is 3.35. The smallest absolute Gasteiger partial charge is 0.422 e. The Morgan fingerprint density at radius 3 is 2.67 bits per heavy atom. The van der Waals surface area contributed by atoms with Gasteiger partial charge in [0.15, 0.2) is 12.6 Å². The van der Waals surface area contributed by atoms with Gasteiger partial charge < -0.3 is 20.1 Å². The van der Waals surface area contributed by atoms with Crippen molar-refractivity contribution in [3.63, 3.8) is 0 Å². The molecule has 1 heterocycles. The molecule has 0 radical (unpaired) electrons. The highest BCUT2D eigenvalue weighted by Crippen LogP contribution is 2.17. The summed E-state index contributed by atoms with van der Waals surface area (Å²) in [7, 11) is 0. The Bertz CT molecular complexity index is 554. The van der Waals surface area contributed by atoms with Gasteiger partial charge >= 0.3 is 6.18 Å². The van der Waals surface area contributed by atoms with E-state index >= 15 is 0 Å². The lowest BCUT2D eigenvalue weighted by Gasteiger charge is -2.12.